The molecule has 0 spiro atoms. The van der Waals surface area contributed by atoms with E-state index in [-0.39, 0.29) is 11.9 Å². The van der Waals surface area contributed by atoms with Gasteiger partial charge in [0, 0.05) is 17.4 Å². The molecule has 2 atom stereocenters. The average molecular weight is 401 g/mol. The normalized spacial score (nSPS) is 12.5. The van der Waals surface area contributed by atoms with Crippen molar-refractivity contribution in [3.63, 3.8) is 0 Å². The number of alkyl carbamates (subject to hydrolysis) is 1. The fraction of sp³-hybridized carbons (Fsp3) is 0.467. The van der Waals surface area contributed by atoms with Crippen molar-refractivity contribution in [3.8, 4) is 0 Å². The molecule has 2 unspecified atom stereocenters. The van der Waals surface area contributed by atoms with E-state index >= 15 is 0 Å². The summed E-state index contributed by atoms with van der Waals surface area (Å²) in [6.45, 7) is 0.343. The van der Waals surface area contributed by atoms with Crippen LogP contribution in [0.2, 0.25) is 0 Å². The minimum Gasteiger partial charge on any atom is -0.480 e. The Balaban J connectivity index is 2.45. The molecule has 0 fully saturated rings. The first-order chi connectivity index (χ1) is 12.5. The highest BCUT2D eigenvalue weighted by molar-refractivity contribution is 8.76. The van der Waals surface area contributed by atoms with Crippen molar-refractivity contribution in [3.05, 3.63) is 29.8 Å². The molecule has 0 aromatic heterocycles. The van der Waals surface area contributed by atoms with Crippen LogP contribution in [0.25, 0.3) is 0 Å². The predicted octanol–water partition coefficient (Wildman–Crippen LogP) is 2.67. The lowest BCUT2D eigenvalue weighted by atomic mass is 10.1. The minimum absolute atomic E-state index is 0.00521. The Labute approximate surface area is 159 Å². The summed E-state index contributed by atoms with van der Waals surface area (Å²) in [5.41, 5.74) is 13.4. The monoisotopic (exact) mass is 400 g/mol. The van der Waals surface area contributed by atoms with Gasteiger partial charge < -0.3 is 20.9 Å². The maximum Gasteiger partial charge on any atom is 0.407 e. The number of carbonyl (C=O) groups excluding carboxylic acids is 1. The molecular weight excluding hydrogens is 378 g/mol. The van der Waals surface area contributed by atoms with Crippen molar-refractivity contribution >= 4 is 39.3 Å². The molecule has 11 heteroatoms. The van der Waals surface area contributed by atoms with Crippen molar-refractivity contribution in [2.45, 2.75) is 30.7 Å². The molecule has 0 saturated heterocycles. The summed E-state index contributed by atoms with van der Waals surface area (Å²) in [6, 6.07) is 6.02. The second-order valence-electron chi connectivity index (χ2n) is 5.19. The highest BCUT2D eigenvalue weighted by Gasteiger charge is 2.17. The van der Waals surface area contributed by atoms with E-state index in [0.717, 1.165) is 0 Å². The van der Waals surface area contributed by atoms with Gasteiger partial charge in [0.25, 0.3) is 0 Å². The lowest BCUT2D eigenvalue weighted by Gasteiger charge is -2.17. The number of nitrogens with one attached hydrogen (secondary N) is 2. The van der Waals surface area contributed by atoms with Gasteiger partial charge in [0.2, 0.25) is 4.91 Å². The third kappa shape index (κ3) is 8.34. The predicted molar refractivity (Wildman–Crippen MR) is 101 cm³/mol. The van der Waals surface area contributed by atoms with Crippen molar-refractivity contribution in [1.82, 2.24) is 10.2 Å². The van der Waals surface area contributed by atoms with Crippen LogP contribution in [-0.4, -0.2) is 41.3 Å². The molecule has 1 amide bonds. The molecular formula is C15H22N5O4S2+. The van der Waals surface area contributed by atoms with E-state index in [9.17, 15) is 9.59 Å². The quantitative estimate of drug-likeness (QED) is 0.253. The van der Waals surface area contributed by atoms with Gasteiger partial charge in [-0.3, -0.25) is 4.79 Å². The molecule has 26 heavy (non-hydrogen) atoms. The molecule has 0 aliphatic heterocycles. The van der Waals surface area contributed by atoms with E-state index in [2.05, 4.69) is 15.3 Å². The first-order valence-electron chi connectivity index (χ1n) is 7.71. The number of amides is 1. The van der Waals surface area contributed by atoms with E-state index in [1.165, 1.54) is 10.8 Å². The number of aliphatic carboxylic acids is 1. The maximum absolute atomic E-state index is 11.9. The number of carbonyl (C=O) groups is 2. The van der Waals surface area contributed by atoms with E-state index in [4.69, 9.17) is 21.1 Å². The largest absolute Gasteiger partial charge is 0.480 e. The first kappa shape index (κ1) is 22.0. The number of benzene rings is 1. The zero-order valence-corrected chi connectivity index (χ0v) is 15.9. The van der Waals surface area contributed by atoms with Gasteiger partial charge in [0.1, 0.15) is 18.2 Å². The van der Waals surface area contributed by atoms with Crippen molar-refractivity contribution in [2.24, 2.45) is 10.8 Å². The zero-order chi connectivity index (χ0) is 19.4. The molecule has 0 aliphatic rings. The Bertz CT molecular complexity index is 655. The van der Waals surface area contributed by atoms with Gasteiger partial charge in [0.15, 0.2) is 10.8 Å². The van der Waals surface area contributed by atoms with Gasteiger partial charge in [-0.1, -0.05) is 39.8 Å². The van der Waals surface area contributed by atoms with Gasteiger partial charge in [-0.2, -0.15) is 0 Å². The number of ether oxygens (including phenoxy) is 1. The summed E-state index contributed by atoms with van der Waals surface area (Å²) in [7, 11) is 3.08. The second kappa shape index (κ2) is 12.3. The Hall–Kier alpha value is -2.07. The van der Waals surface area contributed by atoms with E-state index in [1.54, 1.807) is 35.1 Å². The molecule has 0 saturated carbocycles. The lowest BCUT2D eigenvalue weighted by Crippen LogP contribution is -2.34. The molecule has 0 bridgehead atoms. The smallest absolute Gasteiger partial charge is 0.407 e. The summed E-state index contributed by atoms with van der Waals surface area (Å²) < 4.78 is 5.16. The van der Waals surface area contributed by atoms with E-state index in [0.29, 0.717) is 30.6 Å². The van der Waals surface area contributed by atoms with Gasteiger partial charge in [-0.15, -0.1) is 0 Å². The summed E-state index contributed by atoms with van der Waals surface area (Å²) >= 11 is 0. The van der Waals surface area contributed by atoms with Gasteiger partial charge in [-0.25, -0.2) is 4.79 Å². The minimum atomic E-state index is -1.03. The zero-order valence-electron chi connectivity index (χ0n) is 14.3. The molecule has 1 aromatic carbocycles. The Morgan fingerprint density at radius 1 is 1.42 bits per heavy atom. The Morgan fingerprint density at radius 2 is 2.15 bits per heavy atom. The van der Waals surface area contributed by atoms with Crippen molar-refractivity contribution < 1.29 is 19.4 Å². The average Bonchev–Trinajstić information content (AvgIpc) is 2.63. The molecule has 5 N–H and O–H groups in total. The van der Waals surface area contributed by atoms with Crippen LogP contribution >= 0.6 is 21.6 Å². The first-order valence-corrected chi connectivity index (χ1v) is 10.3. The number of rotatable bonds is 11. The standard InChI is InChI=1S/C15H21N5O4S2/c1-25-26-11(6-7-12(16)14(21)22)8-18-15(23)24-9-10-4-2-3-5-13(10)19-20-17/h2-5,11-12,17H,6-9,16H2,1H3,(H-,18,21,22,23)/p+1. The van der Waals surface area contributed by atoms with E-state index in [1.807, 2.05) is 6.26 Å². The van der Waals surface area contributed by atoms with Crippen LogP contribution in [0, 0.1) is 5.53 Å². The topological polar surface area (TPSA) is 152 Å². The highest BCUT2D eigenvalue weighted by Crippen LogP contribution is 2.27. The van der Waals surface area contributed by atoms with Crippen LogP contribution in [0.4, 0.5) is 10.5 Å². The second-order valence-corrected chi connectivity index (χ2v) is 7.96. The van der Waals surface area contributed by atoms with Crippen LogP contribution in [0.3, 0.4) is 0 Å². The van der Waals surface area contributed by atoms with Crippen molar-refractivity contribution in [2.75, 3.05) is 12.8 Å². The molecule has 1 rings (SSSR count). The molecule has 0 heterocycles. The molecule has 0 aliphatic carbocycles. The van der Waals surface area contributed by atoms with Gasteiger partial charge in [0.05, 0.1) is 0 Å². The van der Waals surface area contributed by atoms with Crippen molar-refractivity contribution in [1.29, 1.82) is 5.53 Å². The van der Waals surface area contributed by atoms with Gasteiger partial charge in [-0.05, 0) is 25.2 Å². The summed E-state index contributed by atoms with van der Waals surface area (Å²) in [6.07, 6.45) is 2.21. The number of nitrogens with two attached hydrogens (primary N) is 1. The SMILES string of the molecule is CSSC(CCC(N)C(=O)O)CNC(=O)OCc1ccccc1N=[N+]=N. The number of carboxylic acids is 1. The number of hydrogen-bond donors (Lipinski definition) is 4. The van der Waals surface area contributed by atoms with Gasteiger partial charge >= 0.3 is 12.1 Å². The summed E-state index contributed by atoms with van der Waals surface area (Å²) in [4.78, 5) is 25.6. The summed E-state index contributed by atoms with van der Waals surface area (Å²) in [5, 5.41) is 15.2. The number of hydrogen-bond acceptors (Lipinski definition) is 8. The number of nitrogens with zero attached hydrogens (tertiary/aromatic N) is 2. The lowest BCUT2D eigenvalue weighted by molar-refractivity contribution is -0.138. The fourth-order valence-electron chi connectivity index (χ4n) is 1.99. The van der Waals surface area contributed by atoms with Crippen LogP contribution in [0.15, 0.2) is 29.4 Å². The Kier molecular flexibility index (Phi) is 10.4. The summed E-state index contributed by atoms with van der Waals surface area (Å²) in [5.74, 6) is -1.03. The Morgan fingerprint density at radius 3 is 2.81 bits per heavy atom. The fourth-order valence-corrected chi connectivity index (χ4v) is 3.95. The third-order valence-corrected chi connectivity index (χ3v) is 5.59. The van der Waals surface area contributed by atoms with Crippen LogP contribution in [0.5, 0.6) is 0 Å². The highest BCUT2D eigenvalue weighted by atomic mass is 33.1. The third-order valence-electron chi connectivity index (χ3n) is 3.33. The molecule has 9 nitrogen and oxygen atoms in total. The molecule has 0 radical (unpaired) electrons. The molecule has 142 valence electrons. The van der Waals surface area contributed by atoms with E-state index < -0.39 is 18.1 Å². The van der Waals surface area contributed by atoms with Crippen LogP contribution in [-0.2, 0) is 16.1 Å². The van der Waals surface area contributed by atoms with Crippen LogP contribution in [0.1, 0.15) is 18.4 Å². The maximum atomic E-state index is 11.9. The van der Waals surface area contributed by atoms with Crippen LogP contribution < -0.4 is 16.0 Å². The number of carboxylic acid groups (broad SMARTS) is 1. The molecule has 1 aromatic rings.